The Labute approximate surface area is 76.8 Å². The van der Waals surface area contributed by atoms with Crippen LogP contribution in [0.25, 0.3) is 5.57 Å². The average Bonchev–Trinajstić information content (AvgIpc) is 2.19. The second kappa shape index (κ2) is 3.05. The number of hydrogen-bond donors (Lipinski definition) is 0. The third kappa shape index (κ3) is 1.24. The number of carbonyl (C=O) groups is 1. The summed E-state index contributed by atoms with van der Waals surface area (Å²) in [4.78, 5) is 11.3. The highest BCUT2D eigenvalue weighted by Gasteiger charge is 2.20. The van der Waals surface area contributed by atoms with Crippen LogP contribution in [-0.2, 0) is 4.74 Å². The fraction of sp³-hybridized carbons (Fsp3) is 0.182. The maximum atomic E-state index is 11.3. The molecular formula is C11H10O2. The zero-order chi connectivity index (χ0) is 9.26. The first-order valence-electron chi connectivity index (χ1n) is 4.24. The lowest BCUT2D eigenvalue weighted by molar-refractivity contribution is 0.0543. The van der Waals surface area contributed by atoms with Gasteiger partial charge in [-0.3, -0.25) is 0 Å². The van der Waals surface area contributed by atoms with Crippen LogP contribution in [0.4, 0.5) is 0 Å². The quantitative estimate of drug-likeness (QED) is 0.564. The fourth-order valence-electron chi connectivity index (χ4n) is 1.48. The first kappa shape index (κ1) is 8.05. The number of carbonyl (C=O) groups excluding carboxylic acids is 1. The minimum atomic E-state index is -0.221. The van der Waals surface area contributed by atoms with Crippen molar-refractivity contribution < 1.29 is 9.53 Å². The number of hydrogen-bond acceptors (Lipinski definition) is 2. The Kier molecular flexibility index (Phi) is 1.89. The van der Waals surface area contributed by atoms with Crippen LogP contribution in [0.2, 0.25) is 0 Å². The topological polar surface area (TPSA) is 26.3 Å². The van der Waals surface area contributed by atoms with Gasteiger partial charge in [0, 0.05) is 0 Å². The number of cyclic esters (lactones) is 1. The van der Waals surface area contributed by atoms with E-state index < -0.39 is 0 Å². The van der Waals surface area contributed by atoms with Crippen LogP contribution in [0.1, 0.15) is 22.8 Å². The molecule has 0 amide bonds. The molecule has 1 aliphatic heterocycles. The van der Waals surface area contributed by atoms with Crippen molar-refractivity contribution in [3.05, 3.63) is 41.5 Å². The molecule has 0 spiro atoms. The third-order valence-electron chi connectivity index (χ3n) is 2.20. The Hall–Kier alpha value is -1.57. The molecule has 1 aromatic carbocycles. The zero-order valence-corrected chi connectivity index (χ0v) is 7.41. The van der Waals surface area contributed by atoms with Crippen LogP contribution >= 0.6 is 0 Å². The van der Waals surface area contributed by atoms with Gasteiger partial charge >= 0.3 is 5.97 Å². The van der Waals surface area contributed by atoms with Crippen molar-refractivity contribution in [1.82, 2.24) is 0 Å². The predicted molar refractivity (Wildman–Crippen MR) is 50.4 cm³/mol. The van der Waals surface area contributed by atoms with Gasteiger partial charge in [-0.1, -0.05) is 24.3 Å². The number of ether oxygens (including phenoxy) is 1. The summed E-state index contributed by atoms with van der Waals surface area (Å²) >= 11 is 0. The van der Waals surface area contributed by atoms with E-state index in [0.29, 0.717) is 12.2 Å². The predicted octanol–water partition coefficient (Wildman–Crippen LogP) is 2.26. The van der Waals surface area contributed by atoms with E-state index >= 15 is 0 Å². The summed E-state index contributed by atoms with van der Waals surface area (Å²) in [7, 11) is 0. The summed E-state index contributed by atoms with van der Waals surface area (Å²) in [6.45, 7) is 2.34. The maximum Gasteiger partial charge on any atom is 0.339 e. The fourth-order valence-corrected chi connectivity index (χ4v) is 1.48. The van der Waals surface area contributed by atoms with Gasteiger partial charge in [-0.15, -0.1) is 0 Å². The first-order valence-corrected chi connectivity index (χ1v) is 4.24. The summed E-state index contributed by atoms with van der Waals surface area (Å²) in [6, 6.07) is 7.52. The van der Waals surface area contributed by atoms with E-state index in [2.05, 4.69) is 0 Å². The molecule has 0 saturated carbocycles. The van der Waals surface area contributed by atoms with E-state index in [9.17, 15) is 4.79 Å². The van der Waals surface area contributed by atoms with E-state index in [1.807, 2.05) is 31.2 Å². The van der Waals surface area contributed by atoms with Gasteiger partial charge in [-0.05, 0) is 24.1 Å². The molecule has 0 atom stereocenters. The summed E-state index contributed by atoms with van der Waals surface area (Å²) in [5.41, 5.74) is 2.75. The number of esters is 1. The maximum absolute atomic E-state index is 11.3. The minimum Gasteiger partial charge on any atom is -0.457 e. The van der Waals surface area contributed by atoms with Gasteiger partial charge in [-0.25, -0.2) is 4.79 Å². The number of fused-ring (bicyclic) bond motifs is 1. The zero-order valence-electron chi connectivity index (χ0n) is 7.41. The molecule has 0 radical (unpaired) electrons. The highest BCUT2D eigenvalue weighted by molar-refractivity contribution is 5.98. The number of rotatable bonds is 0. The Morgan fingerprint density at radius 2 is 2.00 bits per heavy atom. The molecular weight excluding hydrogens is 164 g/mol. The van der Waals surface area contributed by atoms with E-state index in [1.54, 1.807) is 6.07 Å². The van der Waals surface area contributed by atoms with E-state index in [1.165, 1.54) is 0 Å². The van der Waals surface area contributed by atoms with Crippen LogP contribution in [0, 0.1) is 0 Å². The van der Waals surface area contributed by atoms with Crippen LogP contribution < -0.4 is 0 Å². The highest BCUT2D eigenvalue weighted by Crippen LogP contribution is 2.24. The van der Waals surface area contributed by atoms with Crippen molar-refractivity contribution in [2.75, 3.05) is 6.61 Å². The third-order valence-corrected chi connectivity index (χ3v) is 2.20. The largest absolute Gasteiger partial charge is 0.457 e. The lowest BCUT2D eigenvalue weighted by Gasteiger charge is -2.17. The normalized spacial score (nSPS) is 18.2. The van der Waals surface area contributed by atoms with Crippen LogP contribution in [0.15, 0.2) is 30.3 Å². The molecule has 0 fully saturated rings. The van der Waals surface area contributed by atoms with Gasteiger partial charge in [0.1, 0.15) is 6.61 Å². The lowest BCUT2D eigenvalue weighted by atomic mass is 9.98. The standard InChI is InChI=1S/C11H10O2/c1-2-8-7-13-11(12)10-6-4-3-5-9(8)10/h2-6H,7H2,1H3/b8-2-. The summed E-state index contributed by atoms with van der Waals surface area (Å²) < 4.78 is 5.00. The molecule has 66 valence electrons. The summed E-state index contributed by atoms with van der Waals surface area (Å²) in [6.07, 6.45) is 1.98. The molecule has 1 aliphatic rings. The van der Waals surface area contributed by atoms with Crippen molar-refractivity contribution in [2.45, 2.75) is 6.92 Å². The van der Waals surface area contributed by atoms with Crippen molar-refractivity contribution in [1.29, 1.82) is 0 Å². The lowest BCUT2D eigenvalue weighted by Crippen LogP contribution is -2.16. The van der Waals surface area contributed by atoms with Crippen LogP contribution in [0.3, 0.4) is 0 Å². The first-order chi connectivity index (χ1) is 6.33. The Bertz CT molecular complexity index is 377. The molecule has 2 rings (SSSR count). The molecule has 0 saturated heterocycles. The van der Waals surface area contributed by atoms with Gasteiger partial charge in [-0.2, -0.15) is 0 Å². The molecule has 13 heavy (non-hydrogen) atoms. The Morgan fingerprint density at radius 3 is 2.69 bits per heavy atom. The number of allylic oxidation sites excluding steroid dienone is 1. The van der Waals surface area contributed by atoms with Crippen molar-refractivity contribution in [2.24, 2.45) is 0 Å². The van der Waals surface area contributed by atoms with E-state index in [4.69, 9.17) is 4.74 Å². The monoisotopic (exact) mass is 174 g/mol. The molecule has 2 nitrogen and oxygen atoms in total. The van der Waals surface area contributed by atoms with Gasteiger partial charge in [0.2, 0.25) is 0 Å². The smallest absolute Gasteiger partial charge is 0.339 e. The van der Waals surface area contributed by atoms with Gasteiger partial charge in [0.15, 0.2) is 0 Å². The summed E-state index contributed by atoms with van der Waals surface area (Å²) in [5, 5.41) is 0. The SMILES string of the molecule is C/C=C1/COC(=O)c2ccccc21. The van der Waals surface area contributed by atoms with Gasteiger partial charge in [0.05, 0.1) is 5.56 Å². The molecule has 0 N–H and O–H groups in total. The number of benzene rings is 1. The van der Waals surface area contributed by atoms with Crippen LogP contribution in [0.5, 0.6) is 0 Å². The highest BCUT2D eigenvalue weighted by atomic mass is 16.5. The van der Waals surface area contributed by atoms with Crippen molar-refractivity contribution >= 4 is 11.5 Å². The molecule has 1 heterocycles. The average molecular weight is 174 g/mol. The summed E-state index contributed by atoms with van der Waals surface area (Å²) in [5.74, 6) is -0.221. The van der Waals surface area contributed by atoms with E-state index in [0.717, 1.165) is 11.1 Å². The molecule has 0 unspecified atom stereocenters. The molecule has 0 aliphatic carbocycles. The molecule has 0 bridgehead atoms. The van der Waals surface area contributed by atoms with Gasteiger partial charge < -0.3 is 4.74 Å². The van der Waals surface area contributed by atoms with Gasteiger partial charge in [0.25, 0.3) is 0 Å². The van der Waals surface area contributed by atoms with Crippen LogP contribution in [-0.4, -0.2) is 12.6 Å². The van der Waals surface area contributed by atoms with Crippen molar-refractivity contribution in [3.63, 3.8) is 0 Å². The Morgan fingerprint density at radius 1 is 1.31 bits per heavy atom. The second-order valence-corrected chi connectivity index (χ2v) is 2.94. The van der Waals surface area contributed by atoms with Crippen molar-refractivity contribution in [3.8, 4) is 0 Å². The molecule has 1 aromatic rings. The second-order valence-electron chi connectivity index (χ2n) is 2.94. The minimum absolute atomic E-state index is 0.221. The molecule has 2 heteroatoms. The molecule has 0 aromatic heterocycles. The van der Waals surface area contributed by atoms with E-state index in [-0.39, 0.29) is 5.97 Å². The Balaban J connectivity index is 2.61.